The summed E-state index contributed by atoms with van der Waals surface area (Å²) in [4.78, 5) is 0.114. The molecule has 108 valence electrons. The molecule has 0 aliphatic heterocycles. The van der Waals surface area contributed by atoms with Crippen LogP contribution in [-0.2, 0) is 16.6 Å². The second kappa shape index (κ2) is 6.22. The Bertz CT molecular complexity index is 539. The molecule has 0 unspecified atom stereocenters. The molecule has 2 N–H and O–H groups in total. The smallest absolute Gasteiger partial charge is 0.241 e. The first-order chi connectivity index (χ1) is 8.78. The van der Waals surface area contributed by atoms with E-state index in [1.54, 1.807) is 0 Å². The van der Waals surface area contributed by atoms with E-state index in [2.05, 4.69) is 4.72 Å². The van der Waals surface area contributed by atoms with Gasteiger partial charge < -0.3 is 5.11 Å². The van der Waals surface area contributed by atoms with Gasteiger partial charge >= 0.3 is 0 Å². The SMILES string of the molecule is CCC(C)(CC)NS(=O)(=O)c1ccc(CO)c(Cl)c1. The van der Waals surface area contributed by atoms with Crippen molar-refractivity contribution in [1.82, 2.24) is 4.72 Å². The summed E-state index contributed by atoms with van der Waals surface area (Å²) in [6.45, 7) is 5.53. The van der Waals surface area contributed by atoms with Gasteiger partial charge in [0.15, 0.2) is 0 Å². The third-order valence-electron chi connectivity index (χ3n) is 3.45. The van der Waals surface area contributed by atoms with E-state index in [4.69, 9.17) is 16.7 Å². The second-order valence-electron chi connectivity index (χ2n) is 4.78. The van der Waals surface area contributed by atoms with Gasteiger partial charge in [-0.15, -0.1) is 0 Å². The van der Waals surface area contributed by atoms with Gasteiger partial charge in [0.25, 0.3) is 0 Å². The first-order valence-corrected chi connectivity index (χ1v) is 8.07. The highest BCUT2D eigenvalue weighted by Crippen LogP contribution is 2.23. The van der Waals surface area contributed by atoms with E-state index in [9.17, 15) is 8.42 Å². The van der Waals surface area contributed by atoms with Crippen molar-refractivity contribution in [2.24, 2.45) is 0 Å². The summed E-state index contributed by atoms with van der Waals surface area (Å²) < 4.78 is 27.3. The predicted molar refractivity (Wildman–Crippen MR) is 76.7 cm³/mol. The third-order valence-corrected chi connectivity index (χ3v) is 5.43. The summed E-state index contributed by atoms with van der Waals surface area (Å²) >= 11 is 5.92. The molecule has 0 aliphatic rings. The zero-order valence-corrected chi connectivity index (χ0v) is 13.0. The number of nitrogens with one attached hydrogen (secondary N) is 1. The highest BCUT2D eigenvalue weighted by atomic mass is 35.5. The van der Waals surface area contributed by atoms with E-state index < -0.39 is 15.6 Å². The van der Waals surface area contributed by atoms with Crippen molar-refractivity contribution in [1.29, 1.82) is 0 Å². The highest BCUT2D eigenvalue weighted by molar-refractivity contribution is 7.89. The quantitative estimate of drug-likeness (QED) is 0.849. The van der Waals surface area contributed by atoms with Crippen molar-refractivity contribution in [3.05, 3.63) is 28.8 Å². The maximum Gasteiger partial charge on any atom is 0.241 e. The molecule has 4 nitrogen and oxygen atoms in total. The molecule has 0 heterocycles. The minimum Gasteiger partial charge on any atom is -0.392 e. The van der Waals surface area contributed by atoms with Gasteiger partial charge in [-0.25, -0.2) is 13.1 Å². The fourth-order valence-corrected chi connectivity index (χ4v) is 3.48. The van der Waals surface area contributed by atoms with Crippen molar-refractivity contribution < 1.29 is 13.5 Å². The minimum absolute atomic E-state index is 0.114. The lowest BCUT2D eigenvalue weighted by molar-refractivity contribution is 0.282. The molecule has 0 radical (unpaired) electrons. The molecular weight excluding hydrogens is 286 g/mol. The van der Waals surface area contributed by atoms with Crippen LogP contribution in [0, 0.1) is 0 Å². The molecule has 0 saturated heterocycles. The van der Waals surface area contributed by atoms with Gasteiger partial charge in [-0.05, 0) is 37.5 Å². The zero-order valence-electron chi connectivity index (χ0n) is 11.4. The van der Waals surface area contributed by atoms with Gasteiger partial charge in [0.2, 0.25) is 10.0 Å². The molecule has 0 aromatic heterocycles. The van der Waals surface area contributed by atoms with Crippen molar-refractivity contribution >= 4 is 21.6 Å². The molecule has 6 heteroatoms. The van der Waals surface area contributed by atoms with Crippen LogP contribution in [0.15, 0.2) is 23.1 Å². The van der Waals surface area contributed by atoms with Gasteiger partial charge in [0.1, 0.15) is 0 Å². The Kier molecular flexibility index (Phi) is 5.38. The molecule has 0 fully saturated rings. The van der Waals surface area contributed by atoms with E-state index >= 15 is 0 Å². The standard InChI is InChI=1S/C13H20ClNO3S/c1-4-13(3,5-2)15-19(17,18)11-7-6-10(9-16)12(14)8-11/h6-8,15-16H,4-5,9H2,1-3H3. The lowest BCUT2D eigenvalue weighted by atomic mass is 9.98. The van der Waals surface area contributed by atoms with Gasteiger partial charge in [-0.3, -0.25) is 0 Å². The van der Waals surface area contributed by atoms with E-state index in [1.807, 2.05) is 20.8 Å². The number of hydrogen-bond donors (Lipinski definition) is 2. The number of halogens is 1. The van der Waals surface area contributed by atoms with E-state index in [0.29, 0.717) is 18.4 Å². The van der Waals surface area contributed by atoms with Crippen LogP contribution in [0.4, 0.5) is 0 Å². The van der Waals surface area contributed by atoms with Crippen LogP contribution < -0.4 is 4.72 Å². The topological polar surface area (TPSA) is 66.4 Å². The Hall–Kier alpha value is -0.620. The predicted octanol–water partition coefficient (Wildman–Crippen LogP) is 2.69. The summed E-state index contributed by atoms with van der Waals surface area (Å²) in [5.74, 6) is 0. The maximum atomic E-state index is 12.3. The Morgan fingerprint density at radius 3 is 2.32 bits per heavy atom. The molecule has 0 bridgehead atoms. The lowest BCUT2D eigenvalue weighted by Gasteiger charge is -2.27. The first kappa shape index (κ1) is 16.4. The summed E-state index contributed by atoms with van der Waals surface area (Å²) in [6.07, 6.45) is 1.40. The van der Waals surface area contributed by atoms with Crippen LogP contribution in [0.1, 0.15) is 39.2 Å². The molecule has 1 aromatic carbocycles. The van der Waals surface area contributed by atoms with Crippen LogP contribution in [0.5, 0.6) is 0 Å². The van der Waals surface area contributed by atoms with E-state index in [-0.39, 0.29) is 16.5 Å². The summed E-state index contributed by atoms with van der Waals surface area (Å²) in [5.41, 5.74) is 0.0374. The molecule has 0 atom stereocenters. The van der Waals surface area contributed by atoms with Crippen LogP contribution in [0.3, 0.4) is 0 Å². The minimum atomic E-state index is -3.61. The number of rotatable bonds is 6. The number of aliphatic hydroxyl groups excluding tert-OH is 1. The fourth-order valence-electron chi connectivity index (χ4n) is 1.60. The van der Waals surface area contributed by atoms with Crippen molar-refractivity contribution in [2.45, 2.75) is 50.7 Å². The Balaban J connectivity index is 3.11. The highest BCUT2D eigenvalue weighted by Gasteiger charge is 2.27. The number of aliphatic hydroxyl groups is 1. The number of sulfonamides is 1. The van der Waals surface area contributed by atoms with Crippen LogP contribution in [0.25, 0.3) is 0 Å². The second-order valence-corrected chi connectivity index (χ2v) is 6.87. The molecule has 0 amide bonds. The summed E-state index contributed by atoms with van der Waals surface area (Å²) in [7, 11) is -3.61. The molecule has 0 spiro atoms. The Morgan fingerprint density at radius 2 is 1.89 bits per heavy atom. The fraction of sp³-hybridized carbons (Fsp3) is 0.538. The van der Waals surface area contributed by atoms with Crippen LogP contribution in [-0.4, -0.2) is 19.1 Å². The van der Waals surface area contributed by atoms with Gasteiger partial charge in [-0.1, -0.05) is 31.5 Å². The van der Waals surface area contributed by atoms with E-state index in [0.717, 1.165) is 0 Å². The van der Waals surface area contributed by atoms with Gasteiger partial charge in [0.05, 0.1) is 11.5 Å². The largest absolute Gasteiger partial charge is 0.392 e. The van der Waals surface area contributed by atoms with Crippen LogP contribution >= 0.6 is 11.6 Å². The van der Waals surface area contributed by atoms with Gasteiger partial charge in [0, 0.05) is 10.6 Å². The molecule has 19 heavy (non-hydrogen) atoms. The van der Waals surface area contributed by atoms with Crippen molar-refractivity contribution in [3.63, 3.8) is 0 Å². The number of benzene rings is 1. The van der Waals surface area contributed by atoms with Gasteiger partial charge in [-0.2, -0.15) is 0 Å². The van der Waals surface area contributed by atoms with Crippen molar-refractivity contribution in [2.75, 3.05) is 0 Å². The summed E-state index contributed by atoms with van der Waals surface area (Å²) in [6, 6.07) is 4.33. The molecular formula is C13H20ClNO3S. The Morgan fingerprint density at radius 1 is 1.32 bits per heavy atom. The molecule has 1 rings (SSSR count). The first-order valence-electron chi connectivity index (χ1n) is 6.21. The average molecular weight is 306 g/mol. The van der Waals surface area contributed by atoms with Crippen molar-refractivity contribution in [3.8, 4) is 0 Å². The lowest BCUT2D eigenvalue weighted by Crippen LogP contribution is -2.44. The monoisotopic (exact) mass is 305 g/mol. The van der Waals surface area contributed by atoms with E-state index in [1.165, 1.54) is 18.2 Å². The maximum absolute atomic E-state index is 12.3. The molecule has 0 saturated carbocycles. The Labute approximate surface area is 119 Å². The number of hydrogen-bond acceptors (Lipinski definition) is 3. The average Bonchev–Trinajstić information content (AvgIpc) is 2.38. The zero-order chi connectivity index (χ0) is 14.7. The van der Waals surface area contributed by atoms with Crippen LogP contribution in [0.2, 0.25) is 5.02 Å². The third kappa shape index (κ3) is 3.92. The molecule has 1 aromatic rings. The molecule has 0 aliphatic carbocycles. The summed E-state index contributed by atoms with van der Waals surface area (Å²) in [5, 5.41) is 9.28. The normalized spacial score (nSPS) is 12.7.